The second-order valence-electron chi connectivity index (χ2n) is 6.21. The Kier molecular flexibility index (Phi) is 4.58. The first-order valence-electron chi connectivity index (χ1n) is 8.68. The van der Waals surface area contributed by atoms with Crippen molar-refractivity contribution < 1.29 is 14.3 Å². The summed E-state index contributed by atoms with van der Waals surface area (Å²) >= 11 is 0. The normalized spacial score (nSPS) is 14.8. The molecule has 27 heavy (non-hydrogen) atoms. The van der Waals surface area contributed by atoms with Gasteiger partial charge in [0.05, 0.1) is 12.7 Å². The second-order valence-corrected chi connectivity index (χ2v) is 6.21. The number of methoxy groups -OCH3 is 1. The van der Waals surface area contributed by atoms with E-state index in [0.717, 1.165) is 28.0 Å². The van der Waals surface area contributed by atoms with Crippen LogP contribution in [0, 0.1) is 0 Å². The van der Waals surface area contributed by atoms with E-state index in [9.17, 15) is 4.79 Å². The zero-order chi connectivity index (χ0) is 18.6. The number of hydrogen-bond acceptors (Lipinski definition) is 3. The smallest absolute Gasteiger partial charge is 0.343 e. The fraction of sp³-hybridized carbons (Fsp3) is 0.0417. The second kappa shape index (κ2) is 7.34. The van der Waals surface area contributed by atoms with Crippen LogP contribution in [0.1, 0.15) is 11.1 Å². The molecule has 0 amide bonds. The Morgan fingerprint density at radius 1 is 0.778 bits per heavy atom. The van der Waals surface area contributed by atoms with E-state index in [2.05, 4.69) is 12.1 Å². The van der Waals surface area contributed by atoms with Crippen molar-refractivity contribution in [2.75, 3.05) is 7.11 Å². The molecule has 3 aromatic carbocycles. The predicted octanol–water partition coefficient (Wildman–Crippen LogP) is 5.34. The highest BCUT2D eigenvalue weighted by molar-refractivity contribution is 6.05. The Morgan fingerprint density at radius 3 is 2.07 bits per heavy atom. The maximum atomic E-state index is 12.2. The lowest BCUT2D eigenvalue weighted by Crippen LogP contribution is -1.97. The van der Waals surface area contributed by atoms with Gasteiger partial charge in [0.15, 0.2) is 0 Å². The molecule has 3 nitrogen and oxygen atoms in total. The van der Waals surface area contributed by atoms with Gasteiger partial charge >= 0.3 is 5.97 Å². The van der Waals surface area contributed by atoms with Crippen molar-refractivity contribution in [3.05, 3.63) is 102 Å². The predicted molar refractivity (Wildman–Crippen MR) is 107 cm³/mol. The van der Waals surface area contributed by atoms with Gasteiger partial charge in [-0.1, -0.05) is 66.7 Å². The molecule has 0 radical (unpaired) electrons. The summed E-state index contributed by atoms with van der Waals surface area (Å²) in [5.41, 5.74) is 4.60. The minimum Gasteiger partial charge on any atom is -0.497 e. The van der Waals surface area contributed by atoms with Crippen molar-refractivity contribution in [3.8, 4) is 16.9 Å². The number of carbonyl (C=O) groups is 1. The highest BCUT2D eigenvalue weighted by Crippen LogP contribution is 2.29. The Hall–Kier alpha value is -3.59. The molecule has 0 saturated carbocycles. The van der Waals surface area contributed by atoms with Crippen LogP contribution in [0.25, 0.3) is 23.0 Å². The van der Waals surface area contributed by atoms with Gasteiger partial charge in [0, 0.05) is 5.56 Å². The number of cyclic esters (lactones) is 1. The molecular weight excluding hydrogens is 336 g/mol. The summed E-state index contributed by atoms with van der Waals surface area (Å²) in [5, 5.41) is 0. The average molecular weight is 354 g/mol. The van der Waals surface area contributed by atoms with Crippen molar-refractivity contribution in [2.24, 2.45) is 0 Å². The van der Waals surface area contributed by atoms with E-state index < -0.39 is 0 Å². The van der Waals surface area contributed by atoms with Crippen LogP contribution < -0.4 is 4.74 Å². The average Bonchev–Trinajstić information content (AvgIpc) is 3.10. The van der Waals surface area contributed by atoms with Crippen LogP contribution in [0.15, 0.2) is 90.5 Å². The van der Waals surface area contributed by atoms with Gasteiger partial charge in [-0.2, -0.15) is 0 Å². The van der Waals surface area contributed by atoms with Crippen molar-refractivity contribution in [1.29, 1.82) is 0 Å². The highest BCUT2D eigenvalue weighted by Gasteiger charge is 2.21. The fourth-order valence-electron chi connectivity index (χ4n) is 2.97. The first kappa shape index (κ1) is 16.9. The van der Waals surface area contributed by atoms with Crippen LogP contribution >= 0.6 is 0 Å². The summed E-state index contributed by atoms with van der Waals surface area (Å²) in [6.07, 6.45) is 3.59. The molecule has 0 saturated heterocycles. The summed E-state index contributed by atoms with van der Waals surface area (Å²) in [6.45, 7) is 0. The number of esters is 1. The van der Waals surface area contributed by atoms with Gasteiger partial charge in [-0.3, -0.25) is 0 Å². The van der Waals surface area contributed by atoms with Gasteiger partial charge in [0.1, 0.15) is 11.5 Å². The van der Waals surface area contributed by atoms with E-state index in [1.54, 1.807) is 13.2 Å². The summed E-state index contributed by atoms with van der Waals surface area (Å²) in [5.74, 6) is 1.01. The SMILES string of the molecule is COc1ccc(/C=C2/C=C(c3ccc(-c4ccccc4)cc3)OC2=O)cc1. The number of carbonyl (C=O) groups excluding carboxylic acids is 1. The van der Waals surface area contributed by atoms with Crippen molar-refractivity contribution in [1.82, 2.24) is 0 Å². The van der Waals surface area contributed by atoms with Gasteiger partial charge < -0.3 is 9.47 Å². The van der Waals surface area contributed by atoms with Crippen molar-refractivity contribution in [2.45, 2.75) is 0 Å². The van der Waals surface area contributed by atoms with Crippen LogP contribution in [0.5, 0.6) is 5.75 Å². The van der Waals surface area contributed by atoms with Crippen LogP contribution in [0.2, 0.25) is 0 Å². The molecule has 1 heterocycles. The van der Waals surface area contributed by atoms with Gasteiger partial charge in [-0.05, 0) is 41.0 Å². The fourth-order valence-corrected chi connectivity index (χ4v) is 2.97. The molecule has 1 aliphatic heterocycles. The standard InChI is InChI=1S/C24H18O3/c1-26-22-13-7-17(8-14-22)15-21-16-23(27-24(21)25)20-11-9-19(10-12-20)18-5-3-2-4-6-18/h2-16H,1H3/b21-15-. The summed E-state index contributed by atoms with van der Waals surface area (Å²) < 4.78 is 10.6. The van der Waals surface area contributed by atoms with E-state index >= 15 is 0 Å². The number of benzene rings is 3. The van der Waals surface area contributed by atoms with Gasteiger partial charge in [-0.25, -0.2) is 4.79 Å². The van der Waals surface area contributed by atoms with Crippen LogP contribution in [0.4, 0.5) is 0 Å². The highest BCUT2D eigenvalue weighted by atomic mass is 16.5. The Bertz CT molecular complexity index is 1010. The Balaban J connectivity index is 1.58. The molecule has 1 aliphatic rings. The molecule has 0 aromatic heterocycles. The van der Waals surface area contributed by atoms with E-state index in [1.807, 2.05) is 72.8 Å². The monoisotopic (exact) mass is 354 g/mol. The minimum atomic E-state index is -0.340. The van der Waals surface area contributed by atoms with Crippen molar-refractivity contribution >= 4 is 17.8 Å². The van der Waals surface area contributed by atoms with E-state index in [-0.39, 0.29) is 5.97 Å². The molecule has 0 fully saturated rings. The van der Waals surface area contributed by atoms with Crippen LogP contribution in [-0.4, -0.2) is 13.1 Å². The molecule has 3 heteroatoms. The lowest BCUT2D eigenvalue weighted by atomic mass is 10.0. The zero-order valence-corrected chi connectivity index (χ0v) is 14.9. The lowest BCUT2D eigenvalue weighted by Gasteiger charge is -2.05. The third-order valence-electron chi connectivity index (χ3n) is 4.44. The van der Waals surface area contributed by atoms with E-state index in [1.165, 1.54) is 0 Å². The quantitative estimate of drug-likeness (QED) is 0.468. The van der Waals surface area contributed by atoms with Crippen LogP contribution in [-0.2, 0) is 9.53 Å². The molecule has 4 rings (SSSR count). The molecule has 0 atom stereocenters. The first-order chi connectivity index (χ1) is 13.2. The molecule has 0 N–H and O–H groups in total. The van der Waals surface area contributed by atoms with Crippen LogP contribution in [0.3, 0.4) is 0 Å². The molecule has 0 aliphatic carbocycles. The third kappa shape index (κ3) is 3.67. The summed E-state index contributed by atoms with van der Waals surface area (Å²) in [6, 6.07) is 25.7. The third-order valence-corrected chi connectivity index (χ3v) is 4.44. The number of hydrogen-bond donors (Lipinski definition) is 0. The molecular formula is C24H18O3. The Morgan fingerprint density at radius 2 is 1.41 bits per heavy atom. The van der Waals surface area contributed by atoms with Gasteiger partial charge in [0.2, 0.25) is 0 Å². The van der Waals surface area contributed by atoms with E-state index in [4.69, 9.17) is 9.47 Å². The largest absolute Gasteiger partial charge is 0.497 e. The maximum absolute atomic E-state index is 12.2. The zero-order valence-electron chi connectivity index (χ0n) is 14.9. The molecule has 0 unspecified atom stereocenters. The van der Waals surface area contributed by atoms with E-state index in [0.29, 0.717) is 11.3 Å². The summed E-state index contributed by atoms with van der Waals surface area (Å²) in [7, 11) is 1.62. The molecule has 132 valence electrons. The lowest BCUT2D eigenvalue weighted by molar-refractivity contribution is -0.130. The molecule has 0 spiro atoms. The summed E-state index contributed by atoms with van der Waals surface area (Å²) in [4.78, 5) is 12.2. The number of rotatable bonds is 4. The molecule has 3 aromatic rings. The minimum absolute atomic E-state index is 0.340. The first-order valence-corrected chi connectivity index (χ1v) is 8.68. The number of ether oxygens (including phenoxy) is 2. The van der Waals surface area contributed by atoms with Gasteiger partial charge in [-0.15, -0.1) is 0 Å². The Labute approximate surface area is 158 Å². The van der Waals surface area contributed by atoms with Crippen molar-refractivity contribution in [3.63, 3.8) is 0 Å². The maximum Gasteiger partial charge on any atom is 0.343 e. The molecule has 0 bridgehead atoms. The topological polar surface area (TPSA) is 35.5 Å². The van der Waals surface area contributed by atoms with Gasteiger partial charge in [0.25, 0.3) is 0 Å².